The van der Waals surface area contributed by atoms with Crippen LogP contribution in [0.2, 0.25) is 0 Å². The van der Waals surface area contributed by atoms with E-state index in [-0.39, 0.29) is 10.9 Å². The number of likely N-dealkylation sites (N-methyl/N-ethyl adjacent to an activating group) is 1. The Morgan fingerprint density at radius 1 is 1.58 bits per heavy atom. The number of anilines is 1. The monoisotopic (exact) mass is 285 g/mol. The van der Waals surface area contributed by atoms with Gasteiger partial charge in [-0.25, -0.2) is 13.1 Å². The fourth-order valence-corrected chi connectivity index (χ4v) is 3.42. The zero-order valence-corrected chi connectivity index (χ0v) is 11.7. The molecule has 0 saturated carbocycles. The first-order valence-electron chi connectivity index (χ1n) is 6.15. The fourth-order valence-electron chi connectivity index (χ4n) is 2.23. The molecule has 0 amide bonds. The topological polar surface area (TPSA) is 100 Å². The molecule has 7 nitrogen and oxygen atoms in total. The van der Waals surface area contributed by atoms with Gasteiger partial charge in [-0.2, -0.15) is 0 Å². The number of hydrogen-bond donors (Lipinski definition) is 3. The number of sulfonamides is 1. The predicted octanol–water partition coefficient (Wildman–Crippen LogP) is -0.260. The van der Waals surface area contributed by atoms with Crippen LogP contribution in [0.25, 0.3) is 0 Å². The number of rotatable bonds is 5. The number of aromatic nitrogens is 1. The Hall–Kier alpha value is -1.22. The molecule has 106 valence electrons. The maximum atomic E-state index is 12.2. The van der Waals surface area contributed by atoms with E-state index in [1.54, 1.807) is 0 Å². The third kappa shape index (κ3) is 3.21. The highest BCUT2D eigenvalue weighted by molar-refractivity contribution is 7.89. The lowest BCUT2D eigenvalue weighted by molar-refractivity contribution is 0.311. The van der Waals surface area contributed by atoms with E-state index in [9.17, 15) is 8.42 Å². The highest BCUT2D eigenvalue weighted by Crippen LogP contribution is 2.19. The number of nitrogens with zero attached hydrogens (tertiary/aromatic N) is 2. The number of nitrogens with one attached hydrogen (secondary N) is 2. The average Bonchev–Trinajstić information content (AvgIpc) is 2.82. The van der Waals surface area contributed by atoms with E-state index in [1.807, 2.05) is 7.05 Å². The molecule has 1 aromatic rings. The maximum Gasteiger partial charge on any atom is 0.244 e. The number of nitrogen functional groups attached to an aromatic ring is 1. The van der Waals surface area contributed by atoms with Crippen LogP contribution in [0.15, 0.2) is 23.4 Å². The number of likely N-dealkylation sites (tertiary alicyclic amines) is 1. The van der Waals surface area contributed by atoms with Crippen molar-refractivity contribution in [3.63, 3.8) is 0 Å². The summed E-state index contributed by atoms with van der Waals surface area (Å²) in [6.07, 6.45) is 4.88. The van der Waals surface area contributed by atoms with Gasteiger partial charge in [-0.15, -0.1) is 0 Å². The summed E-state index contributed by atoms with van der Waals surface area (Å²) in [6.45, 7) is 1.41. The minimum atomic E-state index is -3.60. The summed E-state index contributed by atoms with van der Waals surface area (Å²) >= 11 is 0. The largest absolute Gasteiger partial charge is 0.323 e. The highest BCUT2D eigenvalue weighted by Gasteiger charge is 2.24. The van der Waals surface area contributed by atoms with Crippen LogP contribution in [-0.2, 0) is 10.0 Å². The lowest BCUT2D eigenvalue weighted by Crippen LogP contribution is -2.38. The van der Waals surface area contributed by atoms with E-state index in [0.717, 1.165) is 19.4 Å². The van der Waals surface area contributed by atoms with E-state index in [2.05, 4.69) is 20.0 Å². The number of nitrogens with two attached hydrogens (primary N) is 1. The van der Waals surface area contributed by atoms with Crippen molar-refractivity contribution in [2.75, 3.05) is 25.6 Å². The molecule has 2 heterocycles. The molecule has 1 unspecified atom stereocenters. The van der Waals surface area contributed by atoms with Gasteiger partial charge in [-0.3, -0.25) is 10.8 Å². The third-order valence-electron chi connectivity index (χ3n) is 3.41. The molecule has 4 N–H and O–H groups in total. The average molecular weight is 285 g/mol. The molecule has 0 radical (unpaired) electrons. The summed E-state index contributed by atoms with van der Waals surface area (Å²) in [5.74, 6) is 5.31. The van der Waals surface area contributed by atoms with Crippen molar-refractivity contribution >= 4 is 15.7 Å². The first-order valence-corrected chi connectivity index (χ1v) is 7.63. The molecule has 1 aliphatic rings. The minimum Gasteiger partial charge on any atom is -0.323 e. The summed E-state index contributed by atoms with van der Waals surface area (Å²) < 4.78 is 27.0. The van der Waals surface area contributed by atoms with Gasteiger partial charge in [0.15, 0.2) is 0 Å². The highest BCUT2D eigenvalue weighted by atomic mass is 32.2. The van der Waals surface area contributed by atoms with E-state index < -0.39 is 10.0 Å². The van der Waals surface area contributed by atoms with Gasteiger partial charge in [0.2, 0.25) is 10.0 Å². The molecular weight excluding hydrogens is 266 g/mol. The number of hydrogen-bond acceptors (Lipinski definition) is 6. The van der Waals surface area contributed by atoms with Gasteiger partial charge in [0.1, 0.15) is 4.90 Å². The lowest BCUT2D eigenvalue weighted by Gasteiger charge is -2.20. The Labute approximate surface area is 113 Å². The van der Waals surface area contributed by atoms with Gasteiger partial charge >= 0.3 is 0 Å². The van der Waals surface area contributed by atoms with Gasteiger partial charge in [0.25, 0.3) is 0 Å². The molecule has 1 atom stereocenters. The first-order chi connectivity index (χ1) is 9.04. The minimum absolute atomic E-state index is 0.0677. The predicted molar refractivity (Wildman–Crippen MR) is 72.9 cm³/mol. The first kappa shape index (κ1) is 14.2. The Morgan fingerprint density at radius 2 is 2.37 bits per heavy atom. The second-order valence-electron chi connectivity index (χ2n) is 4.64. The van der Waals surface area contributed by atoms with Crippen molar-refractivity contribution in [2.45, 2.75) is 23.8 Å². The van der Waals surface area contributed by atoms with Crippen LogP contribution in [-0.4, -0.2) is 44.5 Å². The van der Waals surface area contributed by atoms with Gasteiger partial charge < -0.3 is 10.3 Å². The number of pyridine rings is 1. The molecule has 19 heavy (non-hydrogen) atoms. The molecule has 1 saturated heterocycles. The summed E-state index contributed by atoms with van der Waals surface area (Å²) in [5, 5.41) is 0. The molecule has 8 heteroatoms. The molecule has 0 bridgehead atoms. The van der Waals surface area contributed by atoms with Crippen molar-refractivity contribution in [3.05, 3.63) is 18.5 Å². The summed E-state index contributed by atoms with van der Waals surface area (Å²) in [5.41, 5.74) is 2.70. The van der Waals surface area contributed by atoms with Crippen molar-refractivity contribution < 1.29 is 8.42 Å². The second-order valence-corrected chi connectivity index (χ2v) is 6.38. The second kappa shape index (κ2) is 5.83. The van der Waals surface area contributed by atoms with E-state index >= 15 is 0 Å². The molecule has 0 aliphatic carbocycles. The molecule has 1 aromatic heterocycles. The molecule has 1 aliphatic heterocycles. The van der Waals surface area contributed by atoms with Crippen LogP contribution in [0, 0.1) is 0 Å². The fraction of sp³-hybridized carbons (Fsp3) is 0.545. The molecule has 2 rings (SSSR count). The van der Waals surface area contributed by atoms with Gasteiger partial charge in [0, 0.05) is 25.0 Å². The van der Waals surface area contributed by atoms with Crippen molar-refractivity contribution in [1.29, 1.82) is 0 Å². The van der Waals surface area contributed by atoms with Crippen LogP contribution in [0.5, 0.6) is 0 Å². The van der Waals surface area contributed by atoms with E-state index in [1.165, 1.54) is 18.5 Å². The number of hydrazine groups is 1. The van der Waals surface area contributed by atoms with Crippen LogP contribution in [0.1, 0.15) is 12.8 Å². The zero-order valence-electron chi connectivity index (χ0n) is 10.8. The Bertz CT molecular complexity index is 534. The van der Waals surface area contributed by atoms with Crippen LogP contribution in [0.4, 0.5) is 5.69 Å². The Kier molecular flexibility index (Phi) is 4.35. The zero-order chi connectivity index (χ0) is 13.9. The third-order valence-corrected chi connectivity index (χ3v) is 4.86. The molecule has 0 aromatic carbocycles. The van der Waals surface area contributed by atoms with Crippen LogP contribution >= 0.6 is 0 Å². The maximum absolute atomic E-state index is 12.2. The smallest absolute Gasteiger partial charge is 0.244 e. The van der Waals surface area contributed by atoms with Crippen molar-refractivity contribution in [1.82, 2.24) is 14.6 Å². The molecular formula is C11H19N5O2S. The summed E-state index contributed by atoms with van der Waals surface area (Å²) in [4.78, 5) is 6.06. The molecule has 1 fully saturated rings. The molecule has 0 spiro atoms. The normalized spacial score (nSPS) is 20.6. The van der Waals surface area contributed by atoms with Crippen molar-refractivity contribution in [2.24, 2.45) is 5.84 Å². The quantitative estimate of drug-likeness (QED) is 0.509. The van der Waals surface area contributed by atoms with Gasteiger partial charge in [-0.1, -0.05) is 0 Å². The van der Waals surface area contributed by atoms with Crippen molar-refractivity contribution in [3.8, 4) is 0 Å². The van der Waals surface area contributed by atoms with E-state index in [0.29, 0.717) is 12.2 Å². The summed E-state index contributed by atoms with van der Waals surface area (Å²) in [6, 6.07) is 1.77. The SMILES string of the molecule is CN1CCCC1CNS(=O)(=O)c1cnccc1NN. The van der Waals surface area contributed by atoms with Crippen LogP contribution in [0.3, 0.4) is 0 Å². The Morgan fingerprint density at radius 3 is 3.00 bits per heavy atom. The lowest BCUT2D eigenvalue weighted by atomic mass is 10.2. The van der Waals surface area contributed by atoms with Gasteiger partial charge in [0.05, 0.1) is 5.69 Å². The van der Waals surface area contributed by atoms with E-state index in [4.69, 9.17) is 5.84 Å². The Balaban J connectivity index is 2.09. The van der Waals surface area contributed by atoms with Crippen LogP contribution < -0.4 is 16.0 Å². The standard InChI is InChI=1S/C11H19N5O2S/c1-16-6-2-3-9(16)7-14-19(17,18)11-8-13-5-4-10(11)15-12/h4-5,8-9,14H,2-3,6-7,12H2,1H3,(H,13,15). The van der Waals surface area contributed by atoms with Gasteiger partial charge in [-0.05, 0) is 32.5 Å². The summed E-state index contributed by atoms with van der Waals surface area (Å²) in [7, 11) is -1.59.